The van der Waals surface area contributed by atoms with Gasteiger partial charge in [-0.2, -0.15) is 0 Å². The molecular formula is C12H16N2O2. The summed E-state index contributed by atoms with van der Waals surface area (Å²) in [5.41, 5.74) is 7.97. The Balaban J connectivity index is 2.43. The number of benzene rings is 1. The first-order valence-corrected chi connectivity index (χ1v) is 5.46. The lowest BCUT2D eigenvalue weighted by atomic mass is 10.1. The summed E-state index contributed by atoms with van der Waals surface area (Å²) in [6.45, 7) is 1.91. The van der Waals surface area contributed by atoms with E-state index in [9.17, 15) is 4.79 Å². The van der Waals surface area contributed by atoms with Crippen molar-refractivity contribution in [2.45, 2.75) is 12.8 Å². The van der Waals surface area contributed by atoms with E-state index in [-0.39, 0.29) is 5.97 Å². The van der Waals surface area contributed by atoms with E-state index < -0.39 is 0 Å². The molecule has 1 aromatic carbocycles. The zero-order valence-electron chi connectivity index (χ0n) is 9.40. The molecule has 1 aliphatic heterocycles. The lowest BCUT2D eigenvalue weighted by Crippen LogP contribution is -2.22. The van der Waals surface area contributed by atoms with Crippen LogP contribution < -0.4 is 10.6 Å². The Morgan fingerprint density at radius 3 is 2.69 bits per heavy atom. The SMILES string of the molecule is COC(=O)c1cccc(N)c1N1CCCC1. The minimum Gasteiger partial charge on any atom is -0.465 e. The van der Waals surface area contributed by atoms with Gasteiger partial charge in [0.1, 0.15) is 0 Å². The summed E-state index contributed by atoms with van der Waals surface area (Å²) < 4.78 is 4.77. The van der Waals surface area contributed by atoms with Gasteiger partial charge >= 0.3 is 5.97 Å². The quantitative estimate of drug-likeness (QED) is 0.608. The van der Waals surface area contributed by atoms with Crippen LogP contribution in [0.4, 0.5) is 11.4 Å². The summed E-state index contributed by atoms with van der Waals surface area (Å²) in [5.74, 6) is -0.325. The third kappa shape index (κ3) is 1.83. The molecule has 2 N–H and O–H groups in total. The first kappa shape index (κ1) is 10.8. The van der Waals surface area contributed by atoms with Crippen molar-refractivity contribution in [3.8, 4) is 0 Å². The summed E-state index contributed by atoms with van der Waals surface area (Å²) in [6.07, 6.45) is 2.30. The normalized spacial score (nSPS) is 15.2. The fourth-order valence-corrected chi connectivity index (χ4v) is 2.13. The molecule has 0 spiro atoms. The van der Waals surface area contributed by atoms with Crippen molar-refractivity contribution in [1.29, 1.82) is 0 Å². The maximum atomic E-state index is 11.6. The Kier molecular flexibility index (Phi) is 2.99. The minimum absolute atomic E-state index is 0.325. The Morgan fingerprint density at radius 1 is 1.38 bits per heavy atom. The molecule has 1 heterocycles. The number of nitrogens with two attached hydrogens (primary N) is 1. The number of esters is 1. The van der Waals surface area contributed by atoms with Gasteiger partial charge in [-0.15, -0.1) is 0 Å². The summed E-state index contributed by atoms with van der Waals surface area (Å²) in [5, 5.41) is 0. The fraction of sp³-hybridized carbons (Fsp3) is 0.417. The minimum atomic E-state index is -0.325. The van der Waals surface area contributed by atoms with Crippen molar-refractivity contribution in [2.75, 3.05) is 30.8 Å². The van der Waals surface area contributed by atoms with E-state index in [2.05, 4.69) is 4.90 Å². The van der Waals surface area contributed by atoms with Crippen LogP contribution in [-0.2, 0) is 4.74 Å². The van der Waals surface area contributed by atoms with E-state index in [1.807, 2.05) is 6.07 Å². The Morgan fingerprint density at radius 2 is 2.06 bits per heavy atom. The van der Waals surface area contributed by atoms with Crippen LogP contribution in [0.5, 0.6) is 0 Å². The molecular weight excluding hydrogens is 204 g/mol. The van der Waals surface area contributed by atoms with Gasteiger partial charge in [0.2, 0.25) is 0 Å². The monoisotopic (exact) mass is 220 g/mol. The topological polar surface area (TPSA) is 55.6 Å². The van der Waals surface area contributed by atoms with Crippen LogP contribution in [0.1, 0.15) is 23.2 Å². The molecule has 0 aromatic heterocycles. The van der Waals surface area contributed by atoms with Gasteiger partial charge in [-0.1, -0.05) is 6.07 Å². The average molecular weight is 220 g/mol. The predicted octanol–water partition coefficient (Wildman–Crippen LogP) is 1.66. The highest BCUT2D eigenvalue weighted by molar-refractivity contribution is 5.99. The van der Waals surface area contributed by atoms with Gasteiger partial charge in [0.05, 0.1) is 24.0 Å². The van der Waals surface area contributed by atoms with E-state index in [0.29, 0.717) is 11.3 Å². The van der Waals surface area contributed by atoms with Gasteiger partial charge in [-0.25, -0.2) is 4.79 Å². The van der Waals surface area contributed by atoms with Gasteiger partial charge in [-0.3, -0.25) is 0 Å². The molecule has 0 radical (unpaired) electrons. The molecule has 4 heteroatoms. The van der Waals surface area contributed by atoms with Gasteiger partial charge in [0.15, 0.2) is 0 Å². The van der Waals surface area contributed by atoms with E-state index >= 15 is 0 Å². The lowest BCUT2D eigenvalue weighted by Gasteiger charge is -2.22. The molecule has 16 heavy (non-hydrogen) atoms. The highest BCUT2D eigenvalue weighted by Gasteiger charge is 2.21. The Labute approximate surface area is 95.0 Å². The van der Waals surface area contributed by atoms with Crippen molar-refractivity contribution in [2.24, 2.45) is 0 Å². The zero-order chi connectivity index (χ0) is 11.5. The largest absolute Gasteiger partial charge is 0.465 e. The third-order valence-corrected chi connectivity index (χ3v) is 2.89. The molecule has 1 saturated heterocycles. The molecule has 0 amide bonds. The lowest BCUT2D eigenvalue weighted by molar-refractivity contribution is 0.0601. The molecule has 4 nitrogen and oxygen atoms in total. The number of hydrogen-bond donors (Lipinski definition) is 1. The van der Waals surface area contributed by atoms with Crippen LogP contribution in [-0.4, -0.2) is 26.2 Å². The number of ether oxygens (including phenoxy) is 1. The number of hydrogen-bond acceptors (Lipinski definition) is 4. The first-order chi connectivity index (χ1) is 7.74. The standard InChI is InChI=1S/C12H16N2O2/c1-16-12(15)9-5-4-6-10(13)11(9)14-7-2-3-8-14/h4-6H,2-3,7-8,13H2,1H3. The molecule has 1 aliphatic rings. The van der Waals surface area contributed by atoms with Crippen LogP contribution in [0.15, 0.2) is 18.2 Å². The van der Waals surface area contributed by atoms with E-state index in [0.717, 1.165) is 31.6 Å². The van der Waals surface area contributed by atoms with E-state index in [4.69, 9.17) is 10.5 Å². The van der Waals surface area contributed by atoms with Crippen molar-refractivity contribution < 1.29 is 9.53 Å². The number of carbonyl (C=O) groups excluding carboxylic acids is 1. The average Bonchev–Trinajstić information content (AvgIpc) is 2.81. The number of carbonyl (C=O) groups is 1. The maximum absolute atomic E-state index is 11.6. The first-order valence-electron chi connectivity index (χ1n) is 5.46. The molecule has 1 aromatic rings. The molecule has 0 saturated carbocycles. The summed E-state index contributed by atoms with van der Waals surface area (Å²) in [6, 6.07) is 5.36. The smallest absolute Gasteiger partial charge is 0.340 e. The molecule has 86 valence electrons. The van der Waals surface area contributed by atoms with Crippen LogP contribution in [0.25, 0.3) is 0 Å². The Hall–Kier alpha value is -1.71. The van der Waals surface area contributed by atoms with Crippen molar-refractivity contribution in [3.63, 3.8) is 0 Å². The van der Waals surface area contributed by atoms with Gasteiger partial charge in [0, 0.05) is 13.1 Å². The molecule has 0 aliphatic carbocycles. The number of methoxy groups -OCH3 is 1. The number of para-hydroxylation sites is 1. The fourth-order valence-electron chi connectivity index (χ4n) is 2.13. The second-order valence-electron chi connectivity index (χ2n) is 3.93. The number of anilines is 2. The molecule has 1 fully saturated rings. The number of nitrogens with zero attached hydrogens (tertiary/aromatic N) is 1. The van der Waals surface area contributed by atoms with Crippen LogP contribution in [0.2, 0.25) is 0 Å². The van der Waals surface area contributed by atoms with Crippen LogP contribution in [0, 0.1) is 0 Å². The zero-order valence-corrected chi connectivity index (χ0v) is 9.40. The van der Waals surface area contributed by atoms with Gasteiger partial charge < -0.3 is 15.4 Å². The molecule has 2 rings (SSSR count). The van der Waals surface area contributed by atoms with Crippen LogP contribution >= 0.6 is 0 Å². The molecule has 0 atom stereocenters. The Bertz CT molecular complexity index is 398. The van der Waals surface area contributed by atoms with Crippen molar-refractivity contribution in [3.05, 3.63) is 23.8 Å². The third-order valence-electron chi connectivity index (χ3n) is 2.89. The second kappa shape index (κ2) is 4.43. The predicted molar refractivity (Wildman–Crippen MR) is 63.6 cm³/mol. The van der Waals surface area contributed by atoms with Gasteiger partial charge in [-0.05, 0) is 25.0 Å². The summed E-state index contributed by atoms with van der Waals surface area (Å²) >= 11 is 0. The highest BCUT2D eigenvalue weighted by Crippen LogP contribution is 2.31. The molecule has 0 bridgehead atoms. The van der Waals surface area contributed by atoms with E-state index in [1.54, 1.807) is 12.1 Å². The molecule has 0 unspecified atom stereocenters. The summed E-state index contributed by atoms with van der Waals surface area (Å²) in [7, 11) is 1.39. The van der Waals surface area contributed by atoms with Gasteiger partial charge in [0.25, 0.3) is 0 Å². The maximum Gasteiger partial charge on any atom is 0.340 e. The van der Waals surface area contributed by atoms with E-state index in [1.165, 1.54) is 7.11 Å². The van der Waals surface area contributed by atoms with Crippen molar-refractivity contribution in [1.82, 2.24) is 0 Å². The number of rotatable bonds is 2. The van der Waals surface area contributed by atoms with Crippen LogP contribution in [0.3, 0.4) is 0 Å². The summed E-state index contributed by atoms with van der Waals surface area (Å²) in [4.78, 5) is 13.8. The second-order valence-corrected chi connectivity index (χ2v) is 3.93. The highest BCUT2D eigenvalue weighted by atomic mass is 16.5. The number of nitrogen functional groups attached to an aromatic ring is 1. The van der Waals surface area contributed by atoms with Crippen molar-refractivity contribution >= 4 is 17.3 Å².